The number of piperidine rings is 1. The highest BCUT2D eigenvalue weighted by atomic mass is 19.4. The summed E-state index contributed by atoms with van der Waals surface area (Å²) in [6.45, 7) is 6.09. The number of hydrogen-bond acceptors (Lipinski definition) is 3. The van der Waals surface area contributed by atoms with Crippen molar-refractivity contribution in [2.45, 2.75) is 64.5 Å². The van der Waals surface area contributed by atoms with E-state index in [1.165, 1.54) is 4.90 Å². The van der Waals surface area contributed by atoms with E-state index < -0.39 is 12.7 Å². The first-order chi connectivity index (χ1) is 14.4. The van der Waals surface area contributed by atoms with Gasteiger partial charge in [-0.15, -0.1) is 0 Å². The molecule has 174 valence electrons. The van der Waals surface area contributed by atoms with Crippen molar-refractivity contribution in [3.05, 3.63) is 0 Å². The van der Waals surface area contributed by atoms with Gasteiger partial charge in [-0.05, 0) is 64.5 Å². The van der Waals surface area contributed by atoms with E-state index in [1.807, 2.05) is 11.8 Å². The minimum absolute atomic E-state index is 0.266. The lowest BCUT2D eigenvalue weighted by atomic mass is 9.93. The average Bonchev–Trinajstić information content (AvgIpc) is 2.89. The van der Waals surface area contributed by atoms with Crippen LogP contribution in [0, 0.1) is 5.92 Å². The number of nitrogens with zero attached hydrogens (tertiary/aromatic N) is 3. The molecule has 0 spiro atoms. The summed E-state index contributed by atoms with van der Waals surface area (Å²) < 4.78 is 37.4. The van der Waals surface area contributed by atoms with Crippen LogP contribution in [0.4, 0.5) is 13.2 Å². The van der Waals surface area contributed by atoms with Crippen molar-refractivity contribution in [1.29, 1.82) is 0 Å². The van der Waals surface area contributed by atoms with Gasteiger partial charge in [-0.25, -0.2) is 0 Å². The zero-order chi connectivity index (χ0) is 21.8. The highest BCUT2D eigenvalue weighted by Gasteiger charge is 2.32. The highest BCUT2D eigenvalue weighted by molar-refractivity contribution is 5.79. The van der Waals surface area contributed by atoms with Crippen LogP contribution >= 0.6 is 0 Å². The molecule has 2 heterocycles. The molecular weight excluding hydrogens is 395 g/mol. The number of amides is 1. The number of halogens is 3. The third-order valence-electron chi connectivity index (χ3n) is 5.83. The fourth-order valence-electron chi connectivity index (χ4n) is 4.15. The standard InChI is InChI=1S/C21H38F3N5O/c1-2-25-20(26-11-6-14-29-13-5-3-4-7-19(29)30)27-12-8-18-9-15-28(16-10-18)17-21(22,23)24/h18H,2-17H2,1H3,(H2,25,26,27). The predicted octanol–water partition coefficient (Wildman–Crippen LogP) is 3.00. The normalized spacial score (nSPS) is 20.3. The topological polar surface area (TPSA) is 60.0 Å². The van der Waals surface area contributed by atoms with Crippen LogP contribution in [-0.4, -0.2) is 80.2 Å². The number of alkyl halides is 3. The van der Waals surface area contributed by atoms with Crippen molar-refractivity contribution in [1.82, 2.24) is 20.4 Å². The largest absolute Gasteiger partial charge is 0.401 e. The van der Waals surface area contributed by atoms with Gasteiger partial charge in [0.15, 0.2) is 5.96 Å². The van der Waals surface area contributed by atoms with Gasteiger partial charge in [-0.2, -0.15) is 13.2 Å². The fourth-order valence-corrected chi connectivity index (χ4v) is 4.15. The minimum Gasteiger partial charge on any atom is -0.357 e. The van der Waals surface area contributed by atoms with Crippen molar-refractivity contribution in [3.8, 4) is 0 Å². The summed E-state index contributed by atoms with van der Waals surface area (Å²) in [5.41, 5.74) is 0. The second-order valence-corrected chi connectivity index (χ2v) is 8.36. The molecule has 0 unspecified atom stereocenters. The molecule has 6 nitrogen and oxygen atoms in total. The van der Waals surface area contributed by atoms with Crippen molar-refractivity contribution in [3.63, 3.8) is 0 Å². The molecule has 9 heteroatoms. The molecule has 2 aliphatic rings. The molecule has 2 N–H and O–H groups in total. The number of likely N-dealkylation sites (tertiary alicyclic amines) is 2. The minimum atomic E-state index is -4.11. The van der Waals surface area contributed by atoms with E-state index in [2.05, 4.69) is 15.6 Å². The Hall–Kier alpha value is -1.51. The Kier molecular flexibility index (Phi) is 10.7. The van der Waals surface area contributed by atoms with Crippen molar-refractivity contribution in [2.75, 3.05) is 52.4 Å². The Morgan fingerprint density at radius 1 is 1.13 bits per heavy atom. The molecule has 1 amide bonds. The Balaban J connectivity index is 1.63. The SMILES string of the molecule is CCNC(=NCCCN1CCCCCC1=O)NCCC1CCN(CC(F)(F)F)CC1. The van der Waals surface area contributed by atoms with Crippen LogP contribution in [-0.2, 0) is 4.79 Å². The van der Waals surface area contributed by atoms with Crippen molar-refractivity contribution >= 4 is 11.9 Å². The molecule has 0 aliphatic carbocycles. The Labute approximate surface area is 178 Å². The van der Waals surface area contributed by atoms with Gasteiger partial charge in [0, 0.05) is 39.1 Å². The summed E-state index contributed by atoms with van der Waals surface area (Å²) in [6, 6.07) is 0. The Morgan fingerprint density at radius 3 is 2.60 bits per heavy atom. The third-order valence-corrected chi connectivity index (χ3v) is 5.83. The van der Waals surface area contributed by atoms with Gasteiger partial charge in [-0.1, -0.05) is 6.42 Å². The summed E-state index contributed by atoms with van der Waals surface area (Å²) in [5, 5.41) is 6.57. The average molecular weight is 434 g/mol. The zero-order valence-corrected chi connectivity index (χ0v) is 18.3. The molecule has 0 atom stereocenters. The van der Waals surface area contributed by atoms with Crippen LogP contribution in [0.1, 0.15) is 58.3 Å². The number of carbonyl (C=O) groups excluding carboxylic acids is 1. The maximum atomic E-state index is 12.5. The quantitative estimate of drug-likeness (QED) is 0.333. The summed E-state index contributed by atoms with van der Waals surface area (Å²) in [7, 11) is 0. The van der Waals surface area contributed by atoms with Gasteiger partial charge in [0.25, 0.3) is 0 Å². The first-order valence-electron chi connectivity index (χ1n) is 11.5. The van der Waals surface area contributed by atoms with Crippen molar-refractivity contribution < 1.29 is 18.0 Å². The lowest BCUT2D eigenvalue weighted by molar-refractivity contribution is -0.148. The van der Waals surface area contributed by atoms with Gasteiger partial charge < -0.3 is 15.5 Å². The maximum absolute atomic E-state index is 12.5. The summed E-state index contributed by atoms with van der Waals surface area (Å²) in [4.78, 5) is 20.1. The number of aliphatic imine (C=N–C) groups is 1. The molecule has 2 rings (SSSR count). The van der Waals surface area contributed by atoms with Crippen LogP contribution in [0.15, 0.2) is 4.99 Å². The van der Waals surface area contributed by atoms with Gasteiger partial charge >= 0.3 is 6.18 Å². The third kappa shape index (κ3) is 10.00. The van der Waals surface area contributed by atoms with Crippen LogP contribution in [0.25, 0.3) is 0 Å². The monoisotopic (exact) mass is 433 g/mol. The zero-order valence-electron chi connectivity index (χ0n) is 18.3. The number of nitrogens with one attached hydrogen (secondary N) is 2. The molecule has 0 aromatic carbocycles. The molecule has 2 aliphatic heterocycles. The van der Waals surface area contributed by atoms with Crippen LogP contribution in [0.5, 0.6) is 0 Å². The van der Waals surface area contributed by atoms with E-state index in [4.69, 9.17) is 0 Å². The van der Waals surface area contributed by atoms with Gasteiger partial charge in [0.2, 0.25) is 5.91 Å². The molecule has 0 aromatic rings. The van der Waals surface area contributed by atoms with Gasteiger partial charge in [-0.3, -0.25) is 14.7 Å². The number of hydrogen-bond donors (Lipinski definition) is 2. The van der Waals surface area contributed by atoms with Crippen LogP contribution in [0.2, 0.25) is 0 Å². The first-order valence-corrected chi connectivity index (χ1v) is 11.5. The van der Waals surface area contributed by atoms with Crippen LogP contribution in [0.3, 0.4) is 0 Å². The Bertz CT molecular complexity index is 533. The predicted molar refractivity (Wildman–Crippen MR) is 113 cm³/mol. The molecule has 0 aromatic heterocycles. The second-order valence-electron chi connectivity index (χ2n) is 8.36. The fraction of sp³-hybridized carbons (Fsp3) is 0.905. The Morgan fingerprint density at radius 2 is 1.90 bits per heavy atom. The van der Waals surface area contributed by atoms with Crippen molar-refractivity contribution in [2.24, 2.45) is 10.9 Å². The lowest BCUT2D eigenvalue weighted by Gasteiger charge is -2.32. The number of rotatable bonds is 9. The summed E-state index contributed by atoms with van der Waals surface area (Å²) in [6.07, 6.45) is 3.21. The summed E-state index contributed by atoms with van der Waals surface area (Å²) >= 11 is 0. The molecule has 2 fully saturated rings. The lowest BCUT2D eigenvalue weighted by Crippen LogP contribution is -2.41. The first kappa shape index (κ1) is 24.8. The van der Waals surface area contributed by atoms with Gasteiger partial charge in [0.05, 0.1) is 6.54 Å². The molecular formula is C21H38F3N5O. The van der Waals surface area contributed by atoms with E-state index >= 15 is 0 Å². The molecule has 0 radical (unpaired) electrons. The molecule has 0 bridgehead atoms. The number of carbonyl (C=O) groups is 1. The van der Waals surface area contributed by atoms with Crippen LogP contribution < -0.4 is 10.6 Å². The molecule has 0 saturated carbocycles. The molecule has 2 saturated heterocycles. The smallest absolute Gasteiger partial charge is 0.357 e. The van der Waals surface area contributed by atoms with E-state index in [-0.39, 0.29) is 5.91 Å². The van der Waals surface area contributed by atoms with E-state index in [0.29, 0.717) is 32.0 Å². The van der Waals surface area contributed by atoms with E-state index in [1.54, 1.807) is 0 Å². The maximum Gasteiger partial charge on any atom is 0.401 e. The number of guanidine groups is 1. The van der Waals surface area contributed by atoms with E-state index in [9.17, 15) is 18.0 Å². The molecule has 30 heavy (non-hydrogen) atoms. The highest BCUT2D eigenvalue weighted by Crippen LogP contribution is 2.23. The second kappa shape index (κ2) is 13.0. The van der Waals surface area contributed by atoms with E-state index in [0.717, 1.165) is 77.1 Å². The van der Waals surface area contributed by atoms with Gasteiger partial charge in [0.1, 0.15) is 0 Å². The summed E-state index contributed by atoms with van der Waals surface area (Å²) in [5.74, 6) is 1.50.